The van der Waals surface area contributed by atoms with Crippen molar-refractivity contribution in [3.63, 3.8) is 0 Å². The van der Waals surface area contributed by atoms with Gasteiger partial charge in [-0.05, 0) is 47.3 Å². The Labute approximate surface area is 94.5 Å². The summed E-state index contributed by atoms with van der Waals surface area (Å²) < 4.78 is 0. The minimum Gasteiger partial charge on any atom is -0.481 e. The fraction of sp³-hybridized carbons (Fsp3) is 0.917. The first-order valence-corrected chi connectivity index (χ1v) is 5.66. The molecule has 0 bridgehead atoms. The molecule has 0 unspecified atom stereocenters. The summed E-state index contributed by atoms with van der Waals surface area (Å²) in [5, 5.41) is 8.44. The molecule has 0 saturated carbocycles. The van der Waals surface area contributed by atoms with Crippen LogP contribution in [-0.2, 0) is 4.79 Å². The number of carbonyl (C=O) groups is 1. The zero-order valence-corrected chi connectivity index (χ0v) is 11.1. The summed E-state index contributed by atoms with van der Waals surface area (Å²) >= 11 is 0. The van der Waals surface area contributed by atoms with E-state index in [2.05, 4.69) is 25.9 Å². The first-order valence-electron chi connectivity index (χ1n) is 5.66. The molecule has 0 aromatic carbocycles. The Morgan fingerprint density at radius 3 is 1.80 bits per heavy atom. The van der Waals surface area contributed by atoms with Crippen LogP contribution in [0.1, 0.15) is 47.0 Å². The van der Waals surface area contributed by atoms with Crippen molar-refractivity contribution in [2.75, 3.05) is 20.6 Å². The molecular weight excluding hydrogens is 190 g/mol. The molecule has 0 atom stereocenters. The summed E-state index contributed by atoms with van der Waals surface area (Å²) in [6.45, 7) is 8.75. The highest BCUT2D eigenvalue weighted by atomic mass is 16.4. The average molecular weight is 217 g/mol. The summed E-state index contributed by atoms with van der Waals surface area (Å²) in [5.41, 5.74) is -0.542. The van der Waals surface area contributed by atoms with Crippen LogP contribution in [0.3, 0.4) is 0 Å². The van der Waals surface area contributed by atoms with Gasteiger partial charge in [-0.15, -0.1) is 0 Å². The van der Waals surface area contributed by atoms with Gasteiger partial charge in [0.2, 0.25) is 0 Å². The van der Waals surface area contributed by atoms with Gasteiger partial charge in [0.25, 0.3) is 0 Å². The smallest absolute Gasteiger partial charge is 0.309 e. The van der Waals surface area contributed by atoms with Crippen molar-refractivity contribution >= 4 is 5.97 Å². The number of carboxylic acids is 1. The van der Waals surface area contributed by atoms with E-state index in [0.29, 0.717) is 6.42 Å². The maximum atomic E-state index is 10.3. The number of unbranched alkanes of at least 4 members (excludes halogenated alkanes) is 1. The molecule has 0 aromatic heterocycles. The summed E-state index contributed by atoms with van der Waals surface area (Å²) in [7, 11) is 4.21. The van der Waals surface area contributed by atoms with Gasteiger partial charge in [0.05, 0.1) is 5.41 Å². The van der Waals surface area contributed by atoms with E-state index >= 15 is 0 Å². The van der Waals surface area contributed by atoms with E-state index in [1.807, 2.05) is 6.92 Å². The number of hydrogen-bond donors (Lipinski definition) is 1. The minimum absolute atomic E-state index is 0.542. The average Bonchev–Trinajstić information content (AvgIpc) is 2.15. The van der Waals surface area contributed by atoms with Crippen LogP contribution in [0.25, 0.3) is 0 Å². The molecule has 3 nitrogen and oxygen atoms in total. The van der Waals surface area contributed by atoms with Crippen molar-refractivity contribution in [3.8, 4) is 0 Å². The fourth-order valence-corrected chi connectivity index (χ4v) is 0.626. The Balaban J connectivity index is 0. The molecule has 0 radical (unpaired) electrons. The minimum atomic E-state index is -0.722. The van der Waals surface area contributed by atoms with Gasteiger partial charge in [0.15, 0.2) is 0 Å². The highest BCUT2D eigenvalue weighted by Gasteiger charge is 2.23. The van der Waals surface area contributed by atoms with Crippen molar-refractivity contribution in [3.05, 3.63) is 0 Å². The van der Waals surface area contributed by atoms with Crippen LogP contribution < -0.4 is 0 Å². The molecule has 0 aliphatic carbocycles. The lowest BCUT2D eigenvalue weighted by Crippen LogP contribution is -2.21. The highest BCUT2D eigenvalue weighted by molar-refractivity contribution is 5.73. The Morgan fingerprint density at radius 1 is 1.27 bits per heavy atom. The van der Waals surface area contributed by atoms with Gasteiger partial charge in [-0.2, -0.15) is 0 Å². The summed E-state index contributed by atoms with van der Waals surface area (Å²) in [5.74, 6) is -0.722. The lowest BCUT2D eigenvalue weighted by Gasteiger charge is -2.14. The van der Waals surface area contributed by atoms with Crippen LogP contribution in [0.5, 0.6) is 0 Å². The third-order valence-corrected chi connectivity index (χ3v) is 2.42. The second-order valence-electron chi connectivity index (χ2n) is 4.70. The van der Waals surface area contributed by atoms with Gasteiger partial charge in [-0.3, -0.25) is 4.79 Å². The summed E-state index contributed by atoms with van der Waals surface area (Å²) in [4.78, 5) is 12.5. The van der Waals surface area contributed by atoms with Crippen molar-refractivity contribution < 1.29 is 9.90 Å². The van der Waals surface area contributed by atoms with Crippen molar-refractivity contribution in [2.45, 2.75) is 47.0 Å². The van der Waals surface area contributed by atoms with Gasteiger partial charge in [0.1, 0.15) is 0 Å². The van der Waals surface area contributed by atoms with E-state index in [-0.39, 0.29) is 0 Å². The predicted octanol–water partition coefficient (Wildman–Crippen LogP) is 2.86. The largest absolute Gasteiger partial charge is 0.481 e. The predicted molar refractivity (Wildman–Crippen MR) is 65.2 cm³/mol. The van der Waals surface area contributed by atoms with Crippen molar-refractivity contribution in [1.29, 1.82) is 0 Å². The molecule has 0 aromatic rings. The van der Waals surface area contributed by atoms with Crippen LogP contribution >= 0.6 is 0 Å². The molecule has 0 aliphatic rings. The molecule has 0 rings (SSSR count). The van der Waals surface area contributed by atoms with Crippen molar-refractivity contribution in [2.24, 2.45) is 5.41 Å². The third kappa shape index (κ3) is 11.4. The molecule has 0 heterocycles. The van der Waals surface area contributed by atoms with E-state index in [4.69, 9.17) is 5.11 Å². The number of carboxylic acid groups (broad SMARTS) is 1. The van der Waals surface area contributed by atoms with Gasteiger partial charge in [-0.25, -0.2) is 0 Å². The standard InChI is InChI=1S/C6H15N.C6H12O2/c1-4-5-6-7(2)3;1-4-6(2,3)5(7)8/h4-6H2,1-3H3;4H2,1-3H3,(H,7,8). The number of aliphatic carboxylic acids is 1. The molecule has 0 saturated heterocycles. The van der Waals surface area contributed by atoms with Crippen LogP contribution in [0.2, 0.25) is 0 Å². The van der Waals surface area contributed by atoms with Gasteiger partial charge in [0, 0.05) is 0 Å². The molecule has 0 spiro atoms. The molecular formula is C12H27NO2. The SMILES string of the molecule is CCC(C)(C)C(=O)O.CCCCN(C)C. The van der Waals surface area contributed by atoms with Gasteiger partial charge in [-0.1, -0.05) is 20.3 Å². The zero-order chi connectivity index (χ0) is 12.5. The van der Waals surface area contributed by atoms with Crippen molar-refractivity contribution in [1.82, 2.24) is 4.90 Å². The van der Waals surface area contributed by atoms with Crippen LogP contribution in [0.4, 0.5) is 0 Å². The Bertz CT molecular complexity index is 165. The number of hydrogen-bond acceptors (Lipinski definition) is 2. The molecule has 0 amide bonds. The zero-order valence-electron chi connectivity index (χ0n) is 11.1. The summed E-state index contributed by atoms with van der Waals surface area (Å²) in [6, 6.07) is 0. The number of nitrogens with zero attached hydrogens (tertiary/aromatic N) is 1. The Hall–Kier alpha value is -0.570. The Morgan fingerprint density at radius 2 is 1.73 bits per heavy atom. The molecule has 0 fully saturated rings. The monoisotopic (exact) mass is 217 g/mol. The van der Waals surface area contributed by atoms with Gasteiger partial charge >= 0.3 is 5.97 Å². The van der Waals surface area contributed by atoms with E-state index in [1.54, 1.807) is 13.8 Å². The molecule has 15 heavy (non-hydrogen) atoms. The third-order valence-electron chi connectivity index (χ3n) is 2.42. The molecule has 0 aliphatic heterocycles. The van der Waals surface area contributed by atoms with E-state index < -0.39 is 11.4 Å². The molecule has 92 valence electrons. The van der Waals surface area contributed by atoms with Gasteiger partial charge < -0.3 is 10.0 Å². The fourth-order valence-electron chi connectivity index (χ4n) is 0.626. The maximum absolute atomic E-state index is 10.3. The number of rotatable bonds is 5. The second-order valence-corrected chi connectivity index (χ2v) is 4.70. The van der Waals surface area contributed by atoms with Crippen LogP contribution in [-0.4, -0.2) is 36.6 Å². The van der Waals surface area contributed by atoms with E-state index in [1.165, 1.54) is 19.4 Å². The van der Waals surface area contributed by atoms with E-state index in [9.17, 15) is 4.79 Å². The Kier molecular flexibility index (Phi) is 9.79. The maximum Gasteiger partial charge on any atom is 0.309 e. The quantitative estimate of drug-likeness (QED) is 0.770. The van der Waals surface area contributed by atoms with Crippen LogP contribution in [0.15, 0.2) is 0 Å². The summed E-state index contributed by atoms with van der Waals surface area (Å²) in [6.07, 6.45) is 3.31. The second kappa shape index (κ2) is 8.72. The highest BCUT2D eigenvalue weighted by Crippen LogP contribution is 2.18. The lowest BCUT2D eigenvalue weighted by molar-refractivity contribution is -0.147. The normalized spacial score (nSPS) is 10.9. The first kappa shape index (κ1) is 16.8. The molecule has 1 N–H and O–H groups in total. The topological polar surface area (TPSA) is 40.5 Å². The molecule has 3 heteroatoms. The lowest BCUT2D eigenvalue weighted by atomic mass is 9.91. The van der Waals surface area contributed by atoms with E-state index in [0.717, 1.165) is 0 Å². The first-order chi connectivity index (χ1) is 6.77. The van der Waals surface area contributed by atoms with Crippen LogP contribution in [0, 0.1) is 5.41 Å².